The van der Waals surface area contributed by atoms with Gasteiger partial charge in [-0.15, -0.1) is 11.6 Å². The largest absolute Gasteiger partial charge is 0.355 e. The molecule has 2 rings (SSSR count). The highest BCUT2D eigenvalue weighted by Crippen LogP contribution is 2.21. The summed E-state index contributed by atoms with van der Waals surface area (Å²) in [5.74, 6) is 1.35. The molecule has 3 nitrogen and oxygen atoms in total. The summed E-state index contributed by atoms with van der Waals surface area (Å²) >= 11 is 11.8. The van der Waals surface area contributed by atoms with Crippen molar-refractivity contribution in [1.82, 2.24) is 9.88 Å². The van der Waals surface area contributed by atoms with E-state index in [1.165, 1.54) is 0 Å². The van der Waals surface area contributed by atoms with Crippen molar-refractivity contribution in [3.8, 4) is 0 Å². The zero-order valence-corrected chi connectivity index (χ0v) is 11.5. The molecule has 0 aromatic carbocycles. The molecule has 5 heteroatoms. The van der Waals surface area contributed by atoms with Crippen LogP contribution in [0.5, 0.6) is 0 Å². The summed E-state index contributed by atoms with van der Waals surface area (Å²) in [6, 6.07) is 3.86. The zero-order chi connectivity index (χ0) is 12.3. The molecular formula is C12H17Cl2N3. The van der Waals surface area contributed by atoms with Crippen LogP contribution in [-0.4, -0.2) is 43.1 Å². The summed E-state index contributed by atoms with van der Waals surface area (Å²) < 4.78 is 0. The lowest BCUT2D eigenvalue weighted by Crippen LogP contribution is -2.29. The number of halogens is 2. The number of nitrogens with zero attached hydrogens (tertiary/aromatic N) is 3. The number of anilines is 1. The van der Waals surface area contributed by atoms with Crippen LogP contribution in [0.25, 0.3) is 0 Å². The summed E-state index contributed by atoms with van der Waals surface area (Å²) in [6.45, 7) is 4.26. The normalized spacial score (nSPS) is 18.2. The van der Waals surface area contributed by atoms with E-state index in [9.17, 15) is 0 Å². The molecule has 0 unspecified atom stereocenters. The Morgan fingerprint density at radius 2 is 2.06 bits per heavy atom. The molecule has 0 amide bonds. The van der Waals surface area contributed by atoms with Gasteiger partial charge in [-0.1, -0.05) is 11.6 Å². The molecule has 0 saturated carbocycles. The lowest BCUT2D eigenvalue weighted by molar-refractivity contribution is 0.360. The minimum Gasteiger partial charge on any atom is -0.355 e. The number of likely N-dealkylation sites (N-methyl/N-ethyl adjacent to an activating group) is 1. The fourth-order valence-corrected chi connectivity index (χ4v) is 2.46. The second-order valence-electron chi connectivity index (χ2n) is 4.38. The first-order chi connectivity index (χ1) is 8.20. The first-order valence-electron chi connectivity index (χ1n) is 5.85. The van der Waals surface area contributed by atoms with Crippen molar-refractivity contribution in [2.75, 3.05) is 38.1 Å². The van der Waals surface area contributed by atoms with Gasteiger partial charge in [0.15, 0.2) is 0 Å². The van der Waals surface area contributed by atoms with E-state index in [0.717, 1.165) is 44.1 Å². The number of hydrogen-bond donors (Lipinski definition) is 0. The lowest BCUT2D eigenvalue weighted by atomic mass is 10.3. The third-order valence-electron chi connectivity index (χ3n) is 3.07. The molecule has 94 valence electrons. The minimum atomic E-state index is 0.362. The van der Waals surface area contributed by atoms with Crippen molar-refractivity contribution in [3.63, 3.8) is 0 Å². The summed E-state index contributed by atoms with van der Waals surface area (Å²) in [5.41, 5.74) is 0.767. The number of hydrogen-bond acceptors (Lipinski definition) is 3. The average molecular weight is 274 g/mol. The van der Waals surface area contributed by atoms with Crippen LogP contribution in [0.15, 0.2) is 12.1 Å². The van der Waals surface area contributed by atoms with Gasteiger partial charge in [-0.2, -0.15) is 0 Å². The van der Waals surface area contributed by atoms with E-state index in [2.05, 4.69) is 21.8 Å². The molecule has 0 radical (unpaired) electrons. The second kappa shape index (κ2) is 5.89. The van der Waals surface area contributed by atoms with E-state index < -0.39 is 0 Å². The molecule has 1 fully saturated rings. The summed E-state index contributed by atoms with van der Waals surface area (Å²) in [5, 5.41) is 0.649. The topological polar surface area (TPSA) is 19.4 Å². The fourth-order valence-electron chi connectivity index (χ4n) is 2.02. The molecule has 0 atom stereocenters. The number of alkyl halides is 1. The van der Waals surface area contributed by atoms with Crippen molar-refractivity contribution in [2.45, 2.75) is 12.3 Å². The van der Waals surface area contributed by atoms with Gasteiger partial charge in [0, 0.05) is 19.6 Å². The predicted molar refractivity (Wildman–Crippen MR) is 73.1 cm³/mol. The molecule has 0 N–H and O–H groups in total. The van der Waals surface area contributed by atoms with Crippen LogP contribution >= 0.6 is 23.2 Å². The SMILES string of the molecule is CN1CCCN(c2ccc(Cl)c(CCl)n2)CC1. The summed E-state index contributed by atoms with van der Waals surface area (Å²) in [4.78, 5) is 9.17. The van der Waals surface area contributed by atoms with Crippen LogP contribution in [0, 0.1) is 0 Å². The molecule has 17 heavy (non-hydrogen) atoms. The van der Waals surface area contributed by atoms with Crippen LogP contribution in [0.2, 0.25) is 5.02 Å². The van der Waals surface area contributed by atoms with Gasteiger partial charge in [0.1, 0.15) is 5.82 Å². The zero-order valence-electron chi connectivity index (χ0n) is 9.99. The molecule has 1 saturated heterocycles. The van der Waals surface area contributed by atoms with Gasteiger partial charge in [0.05, 0.1) is 16.6 Å². The Balaban J connectivity index is 2.15. The van der Waals surface area contributed by atoms with Crippen molar-refractivity contribution in [2.24, 2.45) is 0 Å². The van der Waals surface area contributed by atoms with Crippen molar-refractivity contribution in [3.05, 3.63) is 22.8 Å². The summed E-state index contributed by atoms with van der Waals surface area (Å²) in [6.07, 6.45) is 1.16. The quantitative estimate of drug-likeness (QED) is 0.773. The maximum Gasteiger partial charge on any atom is 0.129 e. The van der Waals surface area contributed by atoms with Gasteiger partial charge in [-0.05, 0) is 32.1 Å². The molecule has 0 bridgehead atoms. The highest BCUT2D eigenvalue weighted by atomic mass is 35.5. The Labute approximate surface area is 112 Å². The van der Waals surface area contributed by atoms with E-state index in [1.54, 1.807) is 0 Å². The summed E-state index contributed by atoms with van der Waals surface area (Å²) in [7, 11) is 2.16. The van der Waals surface area contributed by atoms with Crippen LogP contribution in [0.4, 0.5) is 5.82 Å². The Hall–Kier alpha value is -0.510. The van der Waals surface area contributed by atoms with Crippen LogP contribution in [-0.2, 0) is 5.88 Å². The molecule has 2 heterocycles. The molecule has 0 spiro atoms. The van der Waals surface area contributed by atoms with E-state index in [-0.39, 0.29) is 0 Å². The third kappa shape index (κ3) is 3.24. The van der Waals surface area contributed by atoms with Gasteiger partial charge in [0.25, 0.3) is 0 Å². The first kappa shape index (κ1) is 12.9. The Morgan fingerprint density at radius 1 is 1.24 bits per heavy atom. The van der Waals surface area contributed by atoms with Crippen molar-refractivity contribution in [1.29, 1.82) is 0 Å². The van der Waals surface area contributed by atoms with E-state index in [4.69, 9.17) is 23.2 Å². The average Bonchev–Trinajstić information content (AvgIpc) is 2.55. The number of rotatable bonds is 2. The molecule has 0 aliphatic carbocycles. The Bertz CT molecular complexity index is 384. The number of aromatic nitrogens is 1. The van der Waals surface area contributed by atoms with E-state index in [0.29, 0.717) is 10.9 Å². The lowest BCUT2D eigenvalue weighted by Gasteiger charge is -2.22. The standard InChI is InChI=1S/C12H17Cl2N3/c1-16-5-2-6-17(8-7-16)12-4-3-10(14)11(9-13)15-12/h3-4H,2,5-9H2,1H3. The monoisotopic (exact) mass is 273 g/mol. The van der Waals surface area contributed by atoms with Crippen LogP contribution in [0.1, 0.15) is 12.1 Å². The van der Waals surface area contributed by atoms with Crippen molar-refractivity contribution < 1.29 is 0 Å². The molecular weight excluding hydrogens is 257 g/mol. The predicted octanol–water partition coefficient (Wildman–Crippen LogP) is 2.62. The number of pyridine rings is 1. The first-order valence-corrected chi connectivity index (χ1v) is 6.77. The van der Waals surface area contributed by atoms with Gasteiger partial charge < -0.3 is 9.80 Å². The minimum absolute atomic E-state index is 0.362. The molecule has 1 aromatic rings. The van der Waals surface area contributed by atoms with Gasteiger partial charge in [0.2, 0.25) is 0 Å². The maximum atomic E-state index is 6.02. The van der Waals surface area contributed by atoms with E-state index >= 15 is 0 Å². The molecule has 1 aliphatic rings. The van der Waals surface area contributed by atoms with Gasteiger partial charge in [-0.3, -0.25) is 0 Å². The molecule has 1 aromatic heterocycles. The maximum absolute atomic E-state index is 6.02. The highest BCUT2D eigenvalue weighted by Gasteiger charge is 2.14. The third-order valence-corrected chi connectivity index (χ3v) is 3.67. The smallest absolute Gasteiger partial charge is 0.129 e. The van der Waals surface area contributed by atoms with Crippen molar-refractivity contribution >= 4 is 29.0 Å². The Morgan fingerprint density at radius 3 is 2.82 bits per heavy atom. The van der Waals surface area contributed by atoms with Gasteiger partial charge in [-0.25, -0.2) is 4.98 Å². The van der Waals surface area contributed by atoms with Crippen LogP contribution in [0.3, 0.4) is 0 Å². The van der Waals surface area contributed by atoms with Crippen LogP contribution < -0.4 is 4.90 Å². The van der Waals surface area contributed by atoms with E-state index in [1.807, 2.05) is 12.1 Å². The Kier molecular flexibility index (Phi) is 4.48. The fraction of sp³-hybridized carbons (Fsp3) is 0.583. The van der Waals surface area contributed by atoms with Gasteiger partial charge >= 0.3 is 0 Å². The highest BCUT2D eigenvalue weighted by molar-refractivity contribution is 6.32. The molecule has 1 aliphatic heterocycles. The second-order valence-corrected chi connectivity index (χ2v) is 5.05.